The molecule has 3 aromatic heterocycles. The molecule has 0 bridgehead atoms. The molecule has 0 aliphatic rings. The highest BCUT2D eigenvalue weighted by atomic mass is 32.2. The van der Waals surface area contributed by atoms with Crippen LogP contribution in [0.3, 0.4) is 0 Å². The Morgan fingerprint density at radius 3 is 2.36 bits per heavy atom. The maximum Gasteiger partial charge on any atom is 0.222 e. The number of carbonyl (C=O) groups is 1. The summed E-state index contributed by atoms with van der Waals surface area (Å²) < 4.78 is 39.0. The second-order valence-corrected chi connectivity index (χ2v) is 10.1. The number of carbonyl (C=O) groups excluding carboxylic acids is 1. The minimum atomic E-state index is -3.57. The van der Waals surface area contributed by atoms with Crippen molar-refractivity contribution in [3.05, 3.63) is 53.6 Å². The molecule has 0 unspecified atom stereocenters. The number of pyridine rings is 3. The van der Waals surface area contributed by atoms with E-state index in [0.717, 1.165) is 6.26 Å². The standard InChI is InChI=1S/C22H24FN5O4S/c1-12-6-19(28-20(7-12)33(5,31)32)27-17-9-18(26-13(2)29)24-11-15(17)21-16(23)8-14(10-25-21)22(3,4)30/h6-11,30H,1-5H3,(H2,24,26,27,28,29). The molecular formula is C22H24FN5O4S. The molecule has 0 atom stereocenters. The maximum absolute atomic E-state index is 15.0. The number of amides is 1. The average molecular weight is 474 g/mol. The topological polar surface area (TPSA) is 134 Å². The number of nitrogens with one attached hydrogen (secondary N) is 2. The van der Waals surface area contributed by atoms with Crippen LogP contribution in [0.4, 0.5) is 21.7 Å². The first-order chi connectivity index (χ1) is 15.2. The highest BCUT2D eigenvalue weighted by Crippen LogP contribution is 2.33. The Kier molecular flexibility index (Phi) is 6.48. The lowest BCUT2D eigenvalue weighted by molar-refractivity contribution is -0.114. The number of rotatable bonds is 6. The van der Waals surface area contributed by atoms with Crippen LogP contribution in [0.15, 0.2) is 41.7 Å². The van der Waals surface area contributed by atoms with Gasteiger partial charge in [0.25, 0.3) is 0 Å². The van der Waals surface area contributed by atoms with Gasteiger partial charge in [-0.25, -0.2) is 22.8 Å². The Morgan fingerprint density at radius 1 is 1.09 bits per heavy atom. The van der Waals surface area contributed by atoms with E-state index in [1.165, 1.54) is 51.4 Å². The lowest BCUT2D eigenvalue weighted by atomic mass is 9.99. The van der Waals surface area contributed by atoms with Crippen LogP contribution in [-0.2, 0) is 20.2 Å². The highest BCUT2D eigenvalue weighted by molar-refractivity contribution is 7.90. The average Bonchev–Trinajstić information content (AvgIpc) is 2.66. The predicted molar refractivity (Wildman–Crippen MR) is 122 cm³/mol. The zero-order valence-electron chi connectivity index (χ0n) is 18.8. The van der Waals surface area contributed by atoms with Crippen molar-refractivity contribution in [1.82, 2.24) is 15.0 Å². The molecule has 0 saturated carbocycles. The molecule has 0 radical (unpaired) electrons. The third kappa shape index (κ3) is 5.88. The minimum absolute atomic E-state index is 0.0524. The van der Waals surface area contributed by atoms with E-state index >= 15 is 0 Å². The van der Waals surface area contributed by atoms with E-state index in [0.29, 0.717) is 11.1 Å². The number of halogens is 1. The number of sulfone groups is 1. The van der Waals surface area contributed by atoms with Crippen molar-refractivity contribution in [1.29, 1.82) is 0 Å². The van der Waals surface area contributed by atoms with Gasteiger partial charge in [-0.15, -0.1) is 0 Å². The molecule has 3 N–H and O–H groups in total. The van der Waals surface area contributed by atoms with Crippen LogP contribution in [0, 0.1) is 12.7 Å². The number of aliphatic hydroxyl groups is 1. The molecule has 3 rings (SSSR count). The molecule has 0 aromatic carbocycles. The van der Waals surface area contributed by atoms with Gasteiger partial charge < -0.3 is 15.7 Å². The summed E-state index contributed by atoms with van der Waals surface area (Å²) in [7, 11) is -3.57. The Hall–Kier alpha value is -3.44. The summed E-state index contributed by atoms with van der Waals surface area (Å²) >= 11 is 0. The molecule has 0 saturated heterocycles. The summed E-state index contributed by atoms with van der Waals surface area (Å²) in [4.78, 5) is 23.9. The third-order valence-corrected chi connectivity index (χ3v) is 5.57. The minimum Gasteiger partial charge on any atom is -0.386 e. The van der Waals surface area contributed by atoms with Crippen molar-refractivity contribution in [3.8, 4) is 11.3 Å². The molecule has 174 valence electrons. The van der Waals surface area contributed by atoms with Crippen molar-refractivity contribution < 1.29 is 22.7 Å². The summed E-state index contributed by atoms with van der Waals surface area (Å²) in [5.74, 6) is -0.655. The van der Waals surface area contributed by atoms with Gasteiger partial charge >= 0.3 is 0 Å². The molecule has 0 spiro atoms. The number of hydrogen-bond donors (Lipinski definition) is 3. The quantitative estimate of drug-likeness (QED) is 0.496. The van der Waals surface area contributed by atoms with Gasteiger partial charge in [0, 0.05) is 42.8 Å². The predicted octanol–water partition coefficient (Wildman–Crippen LogP) is 3.32. The van der Waals surface area contributed by atoms with Gasteiger partial charge in [0.1, 0.15) is 23.1 Å². The van der Waals surface area contributed by atoms with Crippen LogP contribution in [-0.4, -0.2) is 40.6 Å². The highest BCUT2D eigenvalue weighted by Gasteiger charge is 2.21. The van der Waals surface area contributed by atoms with Crippen molar-refractivity contribution in [3.63, 3.8) is 0 Å². The molecule has 0 fully saturated rings. The largest absolute Gasteiger partial charge is 0.386 e. The number of nitrogens with zero attached hydrogens (tertiary/aromatic N) is 3. The normalized spacial score (nSPS) is 11.8. The second kappa shape index (κ2) is 8.83. The van der Waals surface area contributed by atoms with Gasteiger partial charge in [-0.1, -0.05) is 0 Å². The SMILES string of the molecule is CC(=O)Nc1cc(Nc2cc(C)cc(S(C)(=O)=O)n2)c(-c2ncc(C(C)(C)O)cc2F)cn1. The van der Waals surface area contributed by atoms with Crippen LogP contribution in [0.5, 0.6) is 0 Å². The molecule has 9 nitrogen and oxygen atoms in total. The number of aromatic nitrogens is 3. The summed E-state index contributed by atoms with van der Waals surface area (Å²) in [6.45, 7) is 6.07. The molecule has 3 heterocycles. The van der Waals surface area contributed by atoms with E-state index in [4.69, 9.17) is 0 Å². The third-order valence-electron chi connectivity index (χ3n) is 4.60. The van der Waals surface area contributed by atoms with Crippen LogP contribution >= 0.6 is 0 Å². The summed E-state index contributed by atoms with van der Waals surface area (Å²) in [6, 6.07) is 5.71. The van der Waals surface area contributed by atoms with E-state index in [-0.39, 0.29) is 39.5 Å². The first kappa shape index (κ1) is 24.2. The van der Waals surface area contributed by atoms with Gasteiger partial charge in [0.15, 0.2) is 14.9 Å². The first-order valence-corrected chi connectivity index (χ1v) is 11.8. The van der Waals surface area contributed by atoms with Crippen LogP contribution in [0.1, 0.15) is 31.9 Å². The fourth-order valence-corrected chi connectivity index (χ4v) is 3.66. The summed E-state index contributed by atoms with van der Waals surface area (Å²) in [6.07, 6.45) is 3.74. The lowest BCUT2D eigenvalue weighted by Gasteiger charge is -2.19. The fraction of sp³-hybridized carbons (Fsp3) is 0.273. The van der Waals surface area contributed by atoms with Crippen LogP contribution in [0.2, 0.25) is 0 Å². The number of aryl methyl sites for hydroxylation is 1. The van der Waals surface area contributed by atoms with E-state index in [9.17, 15) is 22.7 Å². The van der Waals surface area contributed by atoms with Crippen LogP contribution < -0.4 is 10.6 Å². The van der Waals surface area contributed by atoms with Gasteiger partial charge in [0.05, 0.1) is 11.3 Å². The van der Waals surface area contributed by atoms with E-state index in [1.807, 2.05) is 0 Å². The van der Waals surface area contributed by atoms with Crippen molar-refractivity contribution in [2.75, 3.05) is 16.9 Å². The maximum atomic E-state index is 15.0. The zero-order chi connectivity index (χ0) is 24.6. The van der Waals surface area contributed by atoms with E-state index in [2.05, 4.69) is 25.6 Å². The van der Waals surface area contributed by atoms with Crippen molar-refractivity contribution in [2.24, 2.45) is 0 Å². The number of hydrogen-bond acceptors (Lipinski definition) is 8. The zero-order valence-corrected chi connectivity index (χ0v) is 19.6. The van der Waals surface area contributed by atoms with E-state index in [1.54, 1.807) is 13.0 Å². The molecular weight excluding hydrogens is 449 g/mol. The summed E-state index contributed by atoms with van der Waals surface area (Å²) in [5, 5.41) is 15.5. The van der Waals surface area contributed by atoms with Gasteiger partial charge in [0.2, 0.25) is 5.91 Å². The smallest absolute Gasteiger partial charge is 0.222 e. The molecule has 3 aromatic rings. The fourth-order valence-electron chi connectivity index (χ4n) is 2.99. The molecule has 11 heteroatoms. The monoisotopic (exact) mass is 473 g/mol. The Bertz CT molecular complexity index is 1340. The first-order valence-electron chi connectivity index (χ1n) is 9.86. The van der Waals surface area contributed by atoms with Crippen LogP contribution in [0.25, 0.3) is 11.3 Å². The van der Waals surface area contributed by atoms with Gasteiger partial charge in [-0.05, 0) is 44.5 Å². The molecule has 1 amide bonds. The van der Waals surface area contributed by atoms with E-state index < -0.39 is 21.3 Å². The Labute approximate surface area is 191 Å². The second-order valence-electron chi connectivity index (χ2n) is 8.17. The Balaban J connectivity index is 2.14. The summed E-state index contributed by atoms with van der Waals surface area (Å²) in [5.41, 5.74) is 0.128. The van der Waals surface area contributed by atoms with Crippen molar-refractivity contribution >= 4 is 33.1 Å². The Morgan fingerprint density at radius 2 is 1.79 bits per heavy atom. The van der Waals surface area contributed by atoms with Gasteiger partial charge in [-0.2, -0.15) is 0 Å². The lowest BCUT2D eigenvalue weighted by Crippen LogP contribution is -2.16. The van der Waals surface area contributed by atoms with Gasteiger partial charge in [-0.3, -0.25) is 9.78 Å². The number of anilines is 3. The van der Waals surface area contributed by atoms with Crippen molar-refractivity contribution in [2.45, 2.75) is 38.3 Å². The molecule has 33 heavy (non-hydrogen) atoms. The molecule has 0 aliphatic carbocycles. The molecule has 0 aliphatic heterocycles.